The van der Waals surface area contributed by atoms with Gasteiger partial charge in [0.15, 0.2) is 0 Å². The maximum absolute atomic E-state index is 11.6. The van der Waals surface area contributed by atoms with Crippen LogP contribution >= 0.6 is 0 Å². The molecule has 1 aromatic carbocycles. The van der Waals surface area contributed by atoms with Gasteiger partial charge >= 0.3 is 12.1 Å². The monoisotopic (exact) mass is 307 g/mol. The van der Waals surface area contributed by atoms with Crippen molar-refractivity contribution in [3.8, 4) is 0 Å². The highest BCUT2D eigenvalue weighted by atomic mass is 16.6. The number of alkyl carbamates (subject to hydrolysis) is 1. The molecular weight excluding hydrogens is 282 g/mol. The van der Waals surface area contributed by atoms with Crippen molar-refractivity contribution in [2.24, 2.45) is 5.92 Å². The fourth-order valence-corrected chi connectivity index (χ4v) is 1.96. The molecule has 0 saturated heterocycles. The van der Waals surface area contributed by atoms with Gasteiger partial charge in [-0.2, -0.15) is 0 Å². The van der Waals surface area contributed by atoms with E-state index in [0.29, 0.717) is 6.42 Å². The maximum Gasteiger partial charge on any atom is 0.407 e. The largest absolute Gasteiger partial charge is 0.481 e. The van der Waals surface area contributed by atoms with E-state index >= 15 is 0 Å². The van der Waals surface area contributed by atoms with Crippen molar-refractivity contribution in [1.82, 2.24) is 5.32 Å². The summed E-state index contributed by atoms with van der Waals surface area (Å²) in [5, 5.41) is 11.8. The van der Waals surface area contributed by atoms with Gasteiger partial charge in [0, 0.05) is 6.54 Å². The number of aliphatic carboxylic acids is 1. The molecule has 0 fully saturated rings. The molecule has 0 bridgehead atoms. The molecule has 22 heavy (non-hydrogen) atoms. The Morgan fingerprint density at radius 3 is 2.18 bits per heavy atom. The minimum Gasteiger partial charge on any atom is -0.481 e. The number of rotatable bonds is 6. The van der Waals surface area contributed by atoms with Gasteiger partial charge < -0.3 is 15.2 Å². The van der Waals surface area contributed by atoms with Crippen LogP contribution in [0.1, 0.15) is 38.8 Å². The smallest absolute Gasteiger partial charge is 0.407 e. The second-order valence-electron chi connectivity index (χ2n) is 6.29. The summed E-state index contributed by atoms with van der Waals surface area (Å²) in [7, 11) is 0. The summed E-state index contributed by atoms with van der Waals surface area (Å²) < 4.78 is 5.11. The molecule has 0 heterocycles. The number of carbonyl (C=O) groups excluding carboxylic acids is 1. The Hall–Kier alpha value is -2.04. The third-order valence-electron chi connectivity index (χ3n) is 3.15. The Morgan fingerprint density at radius 2 is 1.73 bits per heavy atom. The standard InChI is InChI=1S/C17H25NO4/c1-5-12-6-8-13(9-7-12)10-14(15(19)20)11-18-16(21)22-17(2,3)4/h6-9,14H,5,10-11H2,1-4H3,(H,18,21)(H,19,20)/t14-/m1/s1. The molecule has 0 radical (unpaired) electrons. The predicted molar refractivity (Wildman–Crippen MR) is 84.9 cm³/mol. The Bertz CT molecular complexity index is 502. The zero-order chi connectivity index (χ0) is 16.8. The molecule has 0 unspecified atom stereocenters. The second kappa shape index (κ2) is 7.82. The molecule has 1 amide bonds. The first-order valence-corrected chi connectivity index (χ1v) is 7.48. The number of ether oxygens (including phenoxy) is 1. The number of hydrogen-bond acceptors (Lipinski definition) is 3. The summed E-state index contributed by atoms with van der Waals surface area (Å²) in [6.45, 7) is 7.39. The molecule has 0 spiro atoms. The molecule has 122 valence electrons. The van der Waals surface area contributed by atoms with Gasteiger partial charge in [0.2, 0.25) is 0 Å². The van der Waals surface area contributed by atoms with Crippen LogP contribution in [0.2, 0.25) is 0 Å². The van der Waals surface area contributed by atoms with Crippen LogP contribution in [0.5, 0.6) is 0 Å². The Balaban J connectivity index is 2.58. The minimum atomic E-state index is -0.935. The van der Waals surface area contributed by atoms with Crippen LogP contribution in [0.3, 0.4) is 0 Å². The summed E-state index contributed by atoms with van der Waals surface area (Å²) in [4.78, 5) is 22.9. The van der Waals surface area contributed by atoms with E-state index in [9.17, 15) is 14.7 Å². The van der Waals surface area contributed by atoms with Crippen molar-refractivity contribution in [3.05, 3.63) is 35.4 Å². The van der Waals surface area contributed by atoms with Crippen LogP contribution in [0.15, 0.2) is 24.3 Å². The SMILES string of the molecule is CCc1ccc(C[C@H](CNC(=O)OC(C)(C)C)C(=O)O)cc1. The van der Waals surface area contributed by atoms with Gasteiger partial charge in [-0.05, 0) is 44.7 Å². The lowest BCUT2D eigenvalue weighted by molar-refractivity contribution is -0.141. The molecule has 0 aliphatic heterocycles. The topological polar surface area (TPSA) is 75.6 Å². The van der Waals surface area contributed by atoms with Crippen LogP contribution in [0.4, 0.5) is 4.79 Å². The lowest BCUT2D eigenvalue weighted by atomic mass is 9.98. The number of nitrogens with one attached hydrogen (secondary N) is 1. The van der Waals surface area contributed by atoms with Gasteiger partial charge in [-0.3, -0.25) is 4.79 Å². The Labute approximate surface area is 131 Å². The number of carboxylic acids is 1. The van der Waals surface area contributed by atoms with E-state index in [2.05, 4.69) is 12.2 Å². The Morgan fingerprint density at radius 1 is 1.18 bits per heavy atom. The van der Waals surface area contributed by atoms with Gasteiger partial charge in [0.05, 0.1) is 5.92 Å². The molecular formula is C17H25NO4. The number of carbonyl (C=O) groups is 2. The molecule has 0 saturated carbocycles. The van der Waals surface area contributed by atoms with Gasteiger partial charge in [0.25, 0.3) is 0 Å². The lowest BCUT2D eigenvalue weighted by Gasteiger charge is -2.21. The molecule has 5 nitrogen and oxygen atoms in total. The zero-order valence-electron chi connectivity index (χ0n) is 13.7. The van der Waals surface area contributed by atoms with Crippen LogP contribution in [0, 0.1) is 5.92 Å². The first-order valence-electron chi connectivity index (χ1n) is 7.48. The average molecular weight is 307 g/mol. The third kappa shape index (κ3) is 6.61. The van der Waals surface area contributed by atoms with Crippen molar-refractivity contribution >= 4 is 12.1 Å². The van der Waals surface area contributed by atoms with E-state index in [4.69, 9.17) is 4.74 Å². The van der Waals surface area contributed by atoms with Crippen LogP contribution in [-0.2, 0) is 22.4 Å². The van der Waals surface area contributed by atoms with Gasteiger partial charge in [0.1, 0.15) is 5.60 Å². The van der Waals surface area contributed by atoms with Crippen molar-refractivity contribution < 1.29 is 19.4 Å². The highest BCUT2D eigenvalue weighted by molar-refractivity contribution is 5.73. The van der Waals surface area contributed by atoms with E-state index in [1.165, 1.54) is 5.56 Å². The molecule has 1 atom stereocenters. The number of hydrogen-bond donors (Lipinski definition) is 2. The van der Waals surface area contributed by atoms with E-state index in [1.54, 1.807) is 20.8 Å². The number of benzene rings is 1. The molecule has 1 aromatic rings. The predicted octanol–water partition coefficient (Wildman–Crippen LogP) is 3.02. The summed E-state index contributed by atoms with van der Waals surface area (Å²) in [5.41, 5.74) is 1.55. The molecule has 0 aliphatic carbocycles. The maximum atomic E-state index is 11.6. The summed E-state index contributed by atoms with van der Waals surface area (Å²) >= 11 is 0. The first kappa shape index (κ1) is 18.0. The normalized spacial score (nSPS) is 12.5. The number of aryl methyl sites for hydroxylation is 1. The first-order chi connectivity index (χ1) is 10.2. The van der Waals surface area contributed by atoms with Gasteiger partial charge in [-0.25, -0.2) is 4.79 Å². The van der Waals surface area contributed by atoms with Crippen LogP contribution < -0.4 is 5.32 Å². The average Bonchev–Trinajstić information content (AvgIpc) is 2.41. The molecule has 5 heteroatoms. The quantitative estimate of drug-likeness (QED) is 0.847. The van der Waals surface area contributed by atoms with E-state index in [-0.39, 0.29) is 6.54 Å². The lowest BCUT2D eigenvalue weighted by Crippen LogP contribution is -2.37. The highest BCUT2D eigenvalue weighted by Crippen LogP contribution is 2.12. The third-order valence-corrected chi connectivity index (χ3v) is 3.15. The second-order valence-corrected chi connectivity index (χ2v) is 6.29. The zero-order valence-corrected chi connectivity index (χ0v) is 13.7. The molecule has 1 rings (SSSR count). The minimum absolute atomic E-state index is 0.0414. The van der Waals surface area contributed by atoms with Crippen molar-refractivity contribution in [2.45, 2.75) is 46.1 Å². The van der Waals surface area contributed by atoms with Gasteiger partial charge in [-0.15, -0.1) is 0 Å². The van der Waals surface area contributed by atoms with E-state index < -0.39 is 23.6 Å². The van der Waals surface area contributed by atoms with Crippen molar-refractivity contribution in [3.63, 3.8) is 0 Å². The molecule has 0 aromatic heterocycles. The van der Waals surface area contributed by atoms with E-state index in [0.717, 1.165) is 12.0 Å². The van der Waals surface area contributed by atoms with Crippen molar-refractivity contribution in [2.75, 3.05) is 6.54 Å². The van der Waals surface area contributed by atoms with Crippen molar-refractivity contribution in [1.29, 1.82) is 0 Å². The fraction of sp³-hybridized carbons (Fsp3) is 0.529. The molecule has 0 aliphatic rings. The molecule has 2 N–H and O–H groups in total. The number of carboxylic acid groups (broad SMARTS) is 1. The van der Waals surface area contributed by atoms with E-state index in [1.807, 2.05) is 24.3 Å². The summed E-state index contributed by atoms with van der Waals surface area (Å²) in [6.07, 6.45) is 0.720. The van der Waals surface area contributed by atoms with Crippen LogP contribution in [-0.4, -0.2) is 29.3 Å². The number of amides is 1. The van der Waals surface area contributed by atoms with Crippen LogP contribution in [0.25, 0.3) is 0 Å². The highest BCUT2D eigenvalue weighted by Gasteiger charge is 2.21. The van der Waals surface area contributed by atoms with Gasteiger partial charge in [-0.1, -0.05) is 31.2 Å². The Kier molecular flexibility index (Phi) is 6.40. The fourth-order valence-electron chi connectivity index (χ4n) is 1.96. The summed E-state index contributed by atoms with van der Waals surface area (Å²) in [6, 6.07) is 7.86. The summed E-state index contributed by atoms with van der Waals surface area (Å²) in [5.74, 6) is -1.62.